The molecule has 0 aliphatic heterocycles. The number of nitro groups is 1. The molecule has 1 aromatic heterocycles. The number of hydrogen-bond acceptors (Lipinski definition) is 7. The zero-order valence-corrected chi connectivity index (χ0v) is 11.2. The molecule has 0 saturated carbocycles. The molecule has 2 aromatic rings. The molecule has 0 spiro atoms. The molecule has 0 N–H and O–H groups in total. The topological polar surface area (TPSA) is 111 Å². The lowest BCUT2D eigenvalue weighted by Gasteiger charge is -2.09. The van der Waals surface area contributed by atoms with Crippen LogP contribution in [0, 0.1) is 28.4 Å². The van der Waals surface area contributed by atoms with Crippen molar-refractivity contribution in [2.45, 2.75) is 6.92 Å². The smallest absolute Gasteiger partial charge is 0.323 e. The van der Waals surface area contributed by atoms with Crippen LogP contribution in [-0.4, -0.2) is 22.0 Å². The fourth-order valence-corrected chi connectivity index (χ4v) is 1.60. The maximum Gasteiger partial charge on any atom is 0.323 e. The lowest BCUT2D eigenvalue weighted by atomic mass is 10.3. The number of non-ortho nitro benzene ring substituents is 1. The lowest BCUT2D eigenvalue weighted by Crippen LogP contribution is -1.98. The summed E-state index contributed by atoms with van der Waals surface area (Å²) in [4.78, 5) is 18.1. The van der Waals surface area contributed by atoms with E-state index in [0.29, 0.717) is 11.4 Å². The van der Waals surface area contributed by atoms with Gasteiger partial charge in [-0.1, -0.05) is 0 Å². The number of ether oxygens (including phenoxy) is 2. The number of rotatable bonds is 4. The molecule has 0 aliphatic carbocycles. The zero-order valence-electron chi connectivity index (χ0n) is 11.2. The van der Waals surface area contributed by atoms with E-state index in [9.17, 15) is 10.1 Å². The van der Waals surface area contributed by atoms with Crippen molar-refractivity contribution in [2.24, 2.45) is 0 Å². The van der Waals surface area contributed by atoms with Crippen LogP contribution in [-0.2, 0) is 0 Å². The minimum atomic E-state index is -0.551. The van der Waals surface area contributed by atoms with Gasteiger partial charge in [0.05, 0.1) is 18.1 Å². The van der Waals surface area contributed by atoms with E-state index >= 15 is 0 Å². The Kier molecular flexibility index (Phi) is 3.95. The van der Waals surface area contributed by atoms with E-state index in [1.54, 1.807) is 6.92 Å². The molecule has 0 radical (unpaired) electrons. The molecule has 0 aliphatic rings. The molecule has 0 atom stereocenters. The summed E-state index contributed by atoms with van der Waals surface area (Å²) in [6.45, 7) is 1.68. The van der Waals surface area contributed by atoms with E-state index in [4.69, 9.17) is 14.7 Å². The quantitative estimate of drug-likeness (QED) is 0.626. The molecule has 8 nitrogen and oxygen atoms in total. The van der Waals surface area contributed by atoms with Crippen molar-refractivity contribution in [3.63, 3.8) is 0 Å². The van der Waals surface area contributed by atoms with Gasteiger partial charge in [-0.25, -0.2) is 4.98 Å². The molecule has 1 aromatic carbocycles. The number of benzene rings is 1. The van der Waals surface area contributed by atoms with Gasteiger partial charge in [0.15, 0.2) is 11.5 Å². The Morgan fingerprint density at radius 3 is 2.67 bits per heavy atom. The summed E-state index contributed by atoms with van der Waals surface area (Å²) in [5.41, 5.74) is 0.529. The fraction of sp³-hybridized carbons (Fsp3) is 0.154. The van der Waals surface area contributed by atoms with Gasteiger partial charge in [0.1, 0.15) is 11.8 Å². The summed E-state index contributed by atoms with van der Waals surface area (Å²) >= 11 is 0. The molecule has 0 saturated heterocycles. The molecule has 2 rings (SSSR count). The second kappa shape index (κ2) is 5.83. The van der Waals surface area contributed by atoms with Gasteiger partial charge in [-0.05, 0) is 19.1 Å². The molecule has 21 heavy (non-hydrogen) atoms. The van der Waals surface area contributed by atoms with Gasteiger partial charge in [-0.3, -0.25) is 10.1 Å². The highest BCUT2D eigenvalue weighted by molar-refractivity contribution is 5.49. The van der Waals surface area contributed by atoms with Gasteiger partial charge in [-0.15, -0.1) is 0 Å². The highest BCUT2D eigenvalue weighted by Gasteiger charge is 2.15. The molecule has 0 unspecified atom stereocenters. The van der Waals surface area contributed by atoms with Crippen LogP contribution in [0.4, 0.5) is 5.69 Å². The van der Waals surface area contributed by atoms with Crippen molar-refractivity contribution in [2.75, 3.05) is 7.11 Å². The summed E-state index contributed by atoms with van der Waals surface area (Å²) in [6, 6.07) is 7.21. The number of aromatic nitrogens is 2. The standard InChI is InChI=1S/C13H10N4O4/c1-8-5-9(7-14)16-13(15-8)21-12-6-10(17(18)19)3-4-11(12)20-2/h3-6H,1-2H3. The molecule has 8 heteroatoms. The monoisotopic (exact) mass is 286 g/mol. The van der Waals surface area contributed by atoms with Crippen molar-refractivity contribution in [1.29, 1.82) is 5.26 Å². The Balaban J connectivity index is 2.43. The number of nitrogens with zero attached hydrogens (tertiary/aromatic N) is 4. The first kappa shape index (κ1) is 14.2. The van der Waals surface area contributed by atoms with E-state index in [1.165, 1.54) is 31.4 Å². The van der Waals surface area contributed by atoms with Crippen molar-refractivity contribution in [3.8, 4) is 23.6 Å². The van der Waals surface area contributed by atoms with Crippen LogP contribution in [0.25, 0.3) is 0 Å². The van der Waals surface area contributed by atoms with Crippen molar-refractivity contribution in [3.05, 3.63) is 45.8 Å². The second-order valence-electron chi connectivity index (χ2n) is 3.98. The van der Waals surface area contributed by atoms with Crippen LogP contribution in [0.1, 0.15) is 11.4 Å². The molecule has 1 heterocycles. The highest BCUT2D eigenvalue weighted by atomic mass is 16.6. The SMILES string of the molecule is COc1ccc([N+](=O)[O-])cc1Oc1nc(C)cc(C#N)n1. The largest absolute Gasteiger partial charge is 0.493 e. The van der Waals surface area contributed by atoms with E-state index in [1.807, 2.05) is 6.07 Å². The van der Waals surface area contributed by atoms with Gasteiger partial charge < -0.3 is 9.47 Å². The number of methoxy groups -OCH3 is 1. The maximum atomic E-state index is 10.8. The molecule has 0 fully saturated rings. The first-order chi connectivity index (χ1) is 10.0. The average molecular weight is 286 g/mol. The fourth-order valence-electron chi connectivity index (χ4n) is 1.60. The molecular weight excluding hydrogens is 276 g/mol. The normalized spacial score (nSPS) is 9.76. The predicted molar refractivity (Wildman–Crippen MR) is 71.2 cm³/mol. The molecule has 106 valence electrons. The first-order valence-electron chi connectivity index (χ1n) is 5.79. The van der Waals surface area contributed by atoms with E-state index < -0.39 is 4.92 Å². The van der Waals surface area contributed by atoms with Gasteiger partial charge in [0.2, 0.25) is 0 Å². The van der Waals surface area contributed by atoms with Crippen molar-refractivity contribution in [1.82, 2.24) is 9.97 Å². The third-order valence-corrected chi connectivity index (χ3v) is 2.51. The zero-order chi connectivity index (χ0) is 15.4. The van der Waals surface area contributed by atoms with Crippen LogP contribution < -0.4 is 9.47 Å². The lowest BCUT2D eigenvalue weighted by molar-refractivity contribution is -0.384. The number of nitriles is 1. The van der Waals surface area contributed by atoms with Gasteiger partial charge in [0, 0.05) is 11.8 Å². The van der Waals surface area contributed by atoms with E-state index in [0.717, 1.165) is 0 Å². The summed E-state index contributed by atoms with van der Waals surface area (Å²) in [5, 5.41) is 19.7. The van der Waals surface area contributed by atoms with Crippen LogP contribution in [0.3, 0.4) is 0 Å². The maximum absolute atomic E-state index is 10.8. The van der Waals surface area contributed by atoms with E-state index in [-0.39, 0.29) is 23.1 Å². The Labute approximate surface area is 119 Å². The minimum absolute atomic E-state index is 0.0784. The Bertz CT molecular complexity index is 739. The number of aryl methyl sites for hydroxylation is 1. The van der Waals surface area contributed by atoms with Gasteiger partial charge >= 0.3 is 6.01 Å². The van der Waals surface area contributed by atoms with E-state index in [2.05, 4.69) is 9.97 Å². The number of nitro benzene ring substituents is 1. The molecule has 0 amide bonds. The van der Waals surface area contributed by atoms with Crippen LogP contribution in [0.5, 0.6) is 17.5 Å². The molecule has 0 bridgehead atoms. The minimum Gasteiger partial charge on any atom is -0.493 e. The van der Waals surface area contributed by atoms with Crippen molar-refractivity contribution >= 4 is 5.69 Å². The summed E-state index contributed by atoms with van der Waals surface area (Å²) in [7, 11) is 1.41. The van der Waals surface area contributed by atoms with Crippen molar-refractivity contribution < 1.29 is 14.4 Å². The third kappa shape index (κ3) is 3.22. The molecular formula is C13H10N4O4. The second-order valence-corrected chi connectivity index (χ2v) is 3.98. The summed E-state index contributed by atoms with van der Waals surface area (Å²) < 4.78 is 10.5. The Morgan fingerprint density at radius 2 is 2.05 bits per heavy atom. The third-order valence-electron chi connectivity index (χ3n) is 2.51. The Morgan fingerprint density at radius 1 is 1.29 bits per heavy atom. The highest BCUT2D eigenvalue weighted by Crippen LogP contribution is 2.33. The average Bonchev–Trinajstić information content (AvgIpc) is 2.46. The number of hydrogen-bond donors (Lipinski definition) is 0. The predicted octanol–water partition coefficient (Wildman–Crippen LogP) is 2.37. The van der Waals surface area contributed by atoms with Crippen LogP contribution in [0.15, 0.2) is 24.3 Å². The van der Waals surface area contributed by atoms with Crippen LogP contribution in [0.2, 0.25) is 0 Å². The summed E-state index contributed by atoms with van der Waals surface area (Å²) in [6.07, 6.45) is 0. The van der Waals surface area contributed by atoms with Gasteiger partial charge in [-0.2, -0.15) is 10.2 Å². The summed E-state index contributed by atoms with van der Waals surface area (Å²) in [5.74, 6) is 0.394. The van der Waals surface area contributed by atoms with Crippen LogP contribution >= 0.6 is 0 Å². The first-order valence-corrected chi connectivity index (χ1v) is 5.79. The Hall–Kier alpha value is -3.21. The van der Waals surface area contributed by atoms with Gasteiger partial charge in [0.25, 0.3) is 5.69 Å².